The second-order valence-corrected chi connectivity index (χ2v) is 17.0. The van der Waals surface area contributed by atoms with Crippen LogP contribution < -0.4 is 0 Å². The van der Waals surface area contributed by atoms with Crippen LogP contribution in [0, 0.1) is 0 Å². The van der Waals surface area contributed by atoms with Gasteiger partial charge in [0.25, 0.3) is 0 Å². The van der Waals surface area contributed by atoms with Gasteiger partial charge in [0.05, 0.1) is 0 Å². The minimum absolute atomic E-state index is 0.103. The molecular formula is C61H96O6. The predicted octanol–water partition coefficient (Wildman–Crippen LogP) is 17.9. The average Bonchev–Trinajstić information content (AvgIpc) is 3.33. The summed E-state index contributed by atoms with van der Waals surface area (Å²) >= 11 is 0. The summed E-state index contributed by atoms with van der Waals surface area (Å²) in [6, 6.07) is 0. The van der Waals surface area contributed by atoms with Gasteiger partial charge in [0, 0.05) is 19.3 Å². The van der Waals surface area contributed by atoms with Gasteiger partial charge in [-0.25, -0.2) is 0 Å². The summed E-state index contributed by atoms with van der Waals surface area (Å²) in [5.41, 5.74) is 0. The van der Waals surface area contributed by atoms with Gasteiger partial charge in [-0.1, -0.05) is 212 Å². The van der Waals surface area contributed by atoms with Crippen LogP contribution in [0.25, 0.3) is 0 Å². The fourth-order valence-corrected chi connectivity index (χ4v) is 6.71. The standard InChI is InChI=1S/C61H96O6/c1-4-7-10-13-16-18-20-22-24-25-26-27-28-29-30-31-32-33-34-35-37-38-40-42-45-48-51-54-60(63)66-57-58(56-65-59(62)53-50-47-44-15-12-9-6-3)67-61(64)55-52-49-46-43-41-39-36-23-21-19-17-14-11-8-5-2/h7-8,10-11,16-19,22-24,26-27,29-30,32-33,35-37,40,42,58H,4-6,9,12-15,20-21,25,28,31,34,38-39,41,43-57H2,1-3H3/b10-7-,11-8-,18-16-,19-17-,24-22-,27-26-,30-29-,33-32-,36-23-,37-35-,42-40-. The third-order valence-electron chi connectivity index (χ3n) is 10.7. The number of hydrogen-bond donors (Lipinski definition) is 0. The molecule has 0 N–H and O–H groups in total. The minimum atomic E-state index is -0.806. The molecule has 0 amide bonds. The van der Waals surface area contributed by atoms with Crippen LogP contribution in [0.15, 0.2) is 134 Å². The second kappa shape index (κ2) is 54.2. The maximum Gasteiger partial charge on any atom is 0.306 e. The molecule has 0 spiro atoms. The van der Waals surface area contributed by atoms with Crippen LogP contribution >= 0.6 is 0 Å². The summed E-state index contributed by atoms with van der Waals surface area (Å²) in [6.45, 7) is 6.29. The van der Waals surface area contributed by atoms with Crippen molar-refractivity contribution in [2.75, 3.05) is 13.2 Å². The summed E-state index contributed by atoms with van der Waals surface area (Å²) in [5.74, 6) is -0.982. The molecule has 67 heavy (non-hydrogen) atoms. The van der Waals surface area contributed by atoms with Crippen LogP contribution in [0.2, 0.25) is 0 Å². The lowest BCUT2D eigenvalue weighted by atomic mass is 10.1. The number of ether oxygens (including phenoxy) is 3. The second-order valence-electron chi connectivity index (χ2n) is 17.0. The van der Waals surface area contributed by atoms with E-state index in [1.54, 1.807) is 0 Å². The summed E-state index contributed by atoms with van der Waals surface area (Å²) in [5, 5.41) is 0. The molecule has 1 atom stereocenters. The Morgan fingerprint density at radius 2 is 0.582 bits per heavy atom. The van der Waals surface area contributed by atoms with Crippen LogP contribution in [-0.2, 0) is 28.6 Å². The molecule has 0 radical (unpaired) electrons. The molecule has 0 aliphatic carbocycles. The Morgan fingerprint density at radius 3 is 0.940 bits per heavy atom. The van der Waals surface area contributed by atoms with Crippen molar-refractivity contribution in [2.24, 2.45) is 0 Å². The van der Waals surface area contributed by atoms with E-state index in [-0.39, 0.29) is 31.1 Å². The van der Waals surface area contributed by atoms with Gasteiger partial charge in [-0.2, -0.15) is 0 Å². The highest BCUT2D eigenvalue weighted by Crippen LogP contribution is 2.12. The molecule has 376 valence electrons. The zero-order valence-corrected chi connectivity index (χ0v) is 42.9. The highest BCUT2D eigenvalue weighted by molar-refractivity contribution is 5.71. The van der Waals surface area contributed by atoms with Crippen molar-refractivity contribution in [3.8, 4) is 0 Å². The fraction of sp³-hybridized carbons (Fsp3) is 0.590. The van der Waals surface area contributed by atoms with E-state index in [0.29, 0.717) is 25.7 Å². The molecule has 0 heterocycles. The molecule has 0 bridgehead atoms. The highest BCUT2D eigenvalue weighted by Gasteiger charge is 2.19. The Bertz CT molecular complexity index is 1480. The van der Waals surface area contributed by atoms with E-state index in [1.165, 1.54) is 25.7 Å². The van der Waals surface area contributed by atoms with Gasteiger partial charge in [-0.15, -0.1) is 0 Å². The van der Waals surface area contributed by atoms with Gasteiger partial charge in [-0.05, 0) is 116 Å². The summed E-state index contributed by atoms with van der Waals surface area (Å²) in [4.78, 5) is 37.8. The van der Waals surface area contributed by atoms with Crippen molar-refractivity contribution in [1.29, 1.82) is 0 Å². The lowest BCUT2D eigenvalue weighted by Gasteiger charge is -2.18. The van der Waals surface area contributed by atoms with Crippen molar-refractivity contribution in [3.05, 3.63) is 134 Å². The van der Waals surface area contributed by atoms with Gasteiger partial charge in [0.1, 0.15) is 13.2 Å². The molecule has 0 aliphatic rings. The molecule has 0 aromatic heterocycles. The molecule has 0 fully saturated rings. The van der Waals surface area contributed by atoms with Crippen LogP contribution in [0.3, 0.4) is 0 Å². The number of rotatable bonds is 46. The topological polar surface area (TPSA) is 78.9 Å². The number of esters is 3. The Hall–Kier alpha value is -4.45. The molecule has 0 aromatic rings. The van der Waals surface area contributed by atoms with E-state index < -0.39 is 6.10 Å². The summed E-state index contributed by atoms with van der Waals surface area (Å²) in [7, 11) is 0. The van der Waals surface area contributed by atoms with E-state index in [0.717, 1.165) is 141 Å². The molecule has 0 aliphatic heterocycles. The number of unbranched alkanes of at least 4 members (excludes halogenated alkanes) is 13. The molecule has 6 nitrogen and oxygen atoms in total. The van der Waals surface area contributed by atoms with E-state index in [1.807, 2.05) is 0 Å². The lowest BCUT2D eigenvalue weighted by molar-refractivity contribution is -0.167. The van der Waals surface area contributed by atoms with E-state index in [2.05, 4.69) is 154 Å². The van der Waals surface area contributed by atoms with Gasteiger partial charge in [0.2, 0.25) is 0 Å². The fourth-order valence-electron chi connectivity index (χ4n) is 6.71. The third kappa shape index (κ3) is 52.4. The number of hydrogen-bond acceptors (Lipinski definition) is 6. The smallest absolute Gasteiger partial charge is 0.306 e. The average molecular weight is 925 g/mol. The first-order valence-corrected chi connectivity index (χ1v) is 26.7. The van der Waals surface area contributed by atoms with Crippen LogP contribution in [0.4, 0.5) is 0 Å². The molecule has 0 aromatic carbocycles. The SMILES string of the molecule is CC/C=C\C/C=C\C/C=C\C/C=C\C/C=C\C/C=C\C/C=C\C/C=C\CCCCC(=O)OCC(COC(=O)CCCCCCCCC)OC(=O)CCCCCCC/C=C\C/C=C\C/C=C\CC. The molecule has 1 unspecified atom stereocenters. The number of carbonyl (C=O) groups excluding carboxylic acids is 3. The van der Waals surface area contributed by atoms with Crippen molar-refractivity contribution in [1.82, 2.24) is 0 Å². The van der Waals surface area contributed by atoms with Gasteiger partial charge >= 0.3 is 17.9 Å². The lowest BCUT2D eigenvalue weighted by Crippen LogP contribution is -2.30. The monoisotopic (exact) mass is 925 g/mol. The molecule has 0 saturated heterocycles. The first kappa shape index (κ1) is 62.5. The van der Waals surface area contributed by atoms with Crippen molar-refractivity contribution in [2.45, 2.75) is 219 Å². The zero-order chi connectivity index (χ0) is 48.6. The Balaban J connectivity index is 4.34. The minimum Gasteiger partial charge on any atom is -0.462 e. The first-order valence-electron chi connectivity index (χ1n) is 26.7. The molecular weight excluding hydrogens is 829 g/mol. The maximum absolute atomic E-state index is 12.8. The van der Waals surface area contributed by atoms with Crippen molar-refractivity contribution >= 4 is 17.9 Å². The Labute approximate surface area is 411 Å². The Kier molecular flexibility index (Phi) is 50.6. The first-order chi connectivity index (χ1) is 33.0. The van der Waals surface area contributed by atoms with E-state index >= 15 is 0 Å². The molecule has 6 heteroatoms. The molecule has 0 saturated carbocycles. The third-order valence-corrected chi connectivity index (χ3v) is 10.7. The Morgan fingerprint density at radius 1 is 0.313 bits per heavy atom. The van der Waals surface area contributed by atoms with Crippen molar-refractivity contribution < 1.29 is 28.6 Å². The molecule has 0 rings (SSSR count). The van der Waals surface area contributed by atoms with Crippen molar-refractivity contribution in [3.63, 3.8) is 0 Å². The number of carbonyl (C=O) groups is 3. The zero-order valence-electron chi connectivity index (χ0n) is 42.9. The maximum atomic E-state index is 12.8. The summed E-state index contributed by atoms with van der Waals surface area (Å²) in [6.07, 6.45) is 76.0. The summed E-state index contributed by atoms with van der Waals surface area (Å²) < 4.78 is 16.7. The largest absolute Gasteiger partial charge is 0.462 e. The van der Waals surface area contributed by atoms with Gasteiger partial charge in [0.15, 0.2) is 6.10 Å². The van der Waals surface area contributed by atoms with Gasteiger partial charge < -0.3 is 14.2 Å². The van der Waals surface area contributed by atoms with E-state index in [9.17, 15) is 14.4 Å². The van der Waals surface area contributed by atoms with Gasteiger partial charge in [-0.3, -0.25) is 14.4 Å². The number of allylic oxidation sites excluding steroid dienone is 22. The predicted molar refractivity (Wildman–Crippen MR) is 288 cm³/mol. The normalized spacial score (nSPS) is 13.2. The van der Waals surface area contributed by atoms with Crippen LogP contribution in [0.5, 0.6) is 0 Å². The quantitative estimate of drug-likeness (QED) is 0.0262. The van der Waals surface area contributed by atoms with Crippen LogP contribution in [-0.4, -0.2) is 37.2 Å². The highest BCUT2D eigenvalue weighted by atomic mass is 16.6. The van der Waals surface area contributed by atoms with E-state index in [4.69, 9.17) is 14.2 Å². The van der Waals surface area contributed by atoms with Crippen LogP contribution in [0.1, 0.15) is 213 Å².